The first-order valence-electron chi connectivity index (χ1n) is 4.69. The Bertz CT molecular complexity index is 164. The van der Waals surface area contributed by atoms with Gasteiger partial charge in [0.1, 0.15) is 0 Å². The molecule has 0 radical (unpaired) electrons. The zero-order chi connectivity index (χ0) is 10.1. The Morgan fingerprint density at radius 2 is 2.15 bits per heavy atom. The molecular formula is C10H18O3. The molecule has 1 unspecified atom stereocenters. The Kier molecular flexibility index (Phi) is 7.30. The van der Waals surface area contributed by atoms with Crippen LogP contribution in [0, 0.1) is 0 Å². The number of carbonyl (C=O) groups excluding carboxylic acids is 1. The van der Waals surface area contributed by atoms with E-state index < -0.39 is 6.10 Å². The maximum Gasteiger partial charge on any atom is 0.308 e. The average Bonchev–Trinajstić information content (AvgIpc) is 2.05. The highest BCUT2D eigenvalue weighted by Crippen LogP contribution is 2.01. The van der Waals surface area contributed by atoms with E-state index in [1.165, 1.54) is 0 Å². The minimum absolute atomic E-state index is 0.0852. The van der Waals surface area contributed by atoms with E-state index >= 15 is 0 Å². The molecule has 0 spiro atoms. The zero-order valence-electron chi connectivity index (χ0n) is 8.32. The topological polar surface area (TPSA) is 46.5 Å². The summed E-state index contributed by atoms with van der Waals surface area (Å²) in [6, 6.07) is 0. The summed E-state index contributed by atoms with van der Waals surface area (Å²) in [7, 11) is 0. The first-order chi connectivity index (χ1) is 6.20. The minimum Gasteiger partial charge on any atom is -0.466 e. The van der Waals surface area contributed by atoms with Gasteiger partial charge in [0.15, 0.2) is 0 Å². The number of hydrogen-bond donors (Lipinski definition) is 1. The highest BCUT2D eigenvalue weighted by Gasteiger charge is 2.09. The molecule has 0 aromatic rings. The van der Waals surface area contributed by atoms with Gasteiger partial charge in [-0.25, -0.2) is 0 Å². The molecule has 1 N–H and O–H groups in total. The summed E-state index contributed by atoms with van der Waals surface area (Å²) >= 11 is 0. The Morgan fingerprint density at radius 3 is 2.69 bits per heavy atom. The first-order valence-corrected chi connectivity index (χ1v) is 4.69. The molecule has 0 aliphatic carbocycles. The third kappa shape index (κ3) is 7.53. The van der Waals surface area contributed by atoms with Crippen LogP contribution < -0.4 is 0 Å². The van der Waals surface area contributed by atoms with E-state index in [9.17, 15) is 9.90 Å². The molecule has 0 aromatic heterocycles. The lowest BCUT2D eigenvalue weighted by Crippen LogP contribution is -2.14. The fraction of sp³-hybridized carbons (Fsp3) is 0.700. The molecule has 0 amide bonds. The fourth-order valence-electron chi connectivity index (χ4n) is 0.916. The highest BCUT2D eigenvalue weighted by atomic mass is 16.5. The Hall–Kier alpha value is -0.830. The van der Waals surface area contributed by atoms with Crippen LogP contribution in [0.25, 0.3) is 0 Å². The van der Waals surface area contributed by atoms with E-state index in [0.29, 0.717) is 13.0 Å². The largest absolute Gasteiger partial charge is 0.466 e. The van der Waals surface area contributed by atoms with E-state index in [2.05, 4.69) is 0 Å². The van der Waals surface area contributed by atoms with Gasteiger partial charge in [-0.3, -0.25) is 4.79 Å². The van der Waals surface area contributed by atoms with Crippen LogP contribution in [0.15, 0.2) is 12.2 Å². The van der Waals surface area contributed by atoms with E-state index in [4.69, 9.17) is 4.74 Å². The average molecular weight is 186 g/mol. The molecule has 3 heteroatoms. The third-order valence-corrected chi connectivity index (χ3v) is 1.52. The first kappa shape index (κ1) is 12.2. The van der Waals surface area contributed by atoms with Crippen molar-refractivity contribution in [3.63, 3.8) is 0 Å². The van der Waals surface area contributed by atoms with Gasteiger partial charge in [-0.05, 0) is 19.8 Å². The van der Waals surface area contributed by atoms with Crippen LogP contribution in [0.4, 0.5) is 0 Å². The number of aliphatic hydroxyl groups excluding tert-OH is 1. The van der Waals surface area contributed by atoms with Gasteiger partial charge in [0.05, 0.1) is 19.1 Å². The van der Waals surface area contributed by atoms with E-state index in [0.717, 1.165) is 6.42 Å². The molecule has 1 atom stereocenters. The molecule has 76 valence electrons. The van der Waals surface area contributed by atoms with Crippen LogP contribution in [-0.2, 0) is 9.53 Å². The van der Waals surface area contributed by atoms with Crippen LogP contribution in [0.1, 0.15) is 33.1 Å². The van der Waals surface area contributed by atoms with Gasteiger partial charge in [0.25, 0.3) is 0 Å². The van der Waals surface area contributed by atoms with Crippen molar-refractivity contribution in [2.24, 2.45) is 0 Å². The van der Waals surface area contributed by atoms with Crippen molar-refractivity contribution >= 4 is 5.97 Å². The predicted octanol–water partition coefficient (Wildman–Crippen LogP) is 1.66. The second kappa shape index (κ2) is 7.80. The Labute approximate surface area is 79.4 Å². The van der Waals surface area contributed by atoms with Crippen molar-refractivity contribution in [3.8, 4) is 0 Å². The van der Waals surface area contributed by atoms with Gasteiger partial charge >= 0.3 is 5.97 Å². The molecule has 0 saturated heterocycles. The summed E-state index contributed by atoms with van der Waals surface area (Å²) < 4.78 is 4.70. The van der Waals surface area contributed by atoms with Crippen molar-refractivity contribution < 1.29 is 14.6 Å². The molecule has 0 aliphatic rings. The minimum atomic E-state index is -0.609. The van der Waals surface area contributed by atoms with E-state index in [-0.39, 0.29) is 12.4 Å². The Morgan fingerprint density at radius 1 is 1.46 bits per heavy atom. The predicted molar refractivity (Wildman–Crippen MR) is 51.3 cm³/mol. The van der Waals surface area contributed by atoms with Crippen LogP contribution in [-0.4, -0.2) is 23.8 Å². The summed E-state index contributed by atoms with van der Waals surface area (Å²) in [6.45, 7) is 4.14. The van der Waals surface area contributed by atoms with Crippen molar-refractivity contribution in [3.05, 3.63) is 12.2 Å². The van der Waals surface area contributed by atoms with Gasteiger partial charge in [0.2, 0.25) is 0 Å². The number of rotatable bonds is 6. The number of ether oxygens (including phenoxy) is 1. The van der Waals surface area contributed by atoms with Crippen molar-refractivity contribution in [2.75, 3.05) is 6.61 Å². The summed E-state index contributed by atoms with van der Waals surface area (Å²) in [5, 5.41) is 9.32. The molecule has 3 nitrogen and oxygen atoms in total. The normalized spacial score (nSPS) is 13.2. The molecule has 0 aromatic carbocycles. The quantitative estimate of drug-likeness (QED) is 0.507. The molecule has 0 heterocycles. The molecule has 0 rings (SSSR count). The molecule has 0 fully saturated rings. The number of hydrogen-bond acceptors (Lipinski definition) is 3. The smallest absolute Gasteiger partial charge is 0.308 e. The SMILES string of the molecule is CC/C=C\CC(O)CC(=O)OCC. The number of carbonyl (C=O) groups is 1. The fourth-order valence-corrected chi connectivity index (χ4v) is 0.916. The van der Waals surface area contributed by atoms with Gasteiger partial charge in [-0.2, -0.15) is 0 Å². The van der Waals surface area contributed by atoms with Crippen molar-refractivity contribution in [1.29, 1.82) is 0 Å². The summed E-state index contributed by atoms with van der Waals surface area (Å²) in [6.07, 6.45) is 4.79. The second-order valence-electron chi connectivity index (χ2n) is 2.78. The molecule has 13 heavy (non-hydrogen) atoms. The summed E-state index contributed by atoms with van der Waals surface area (Å²) in [5.41, 5.74) is 0. The van der Waals surface area contributed by atoms with Crippen LogP contribution in [0.2, 0.25) is 0 Å². The monoisotopic (exact) mass is 186 g/mol. The number of aliphatic hydroxyl groups is 1. The van der Waals surface area contributed by atoms with Crippen LogP contribution in [0.5, 0.6) is 0 Å². The molecule has 0 saturated carbocycles. The van der Waals surface area contributed by atoms with Gasteiger partial charge < -0.3 is 9.84 Å². The lowest BCUT2D eigenvalue weighted by Gasteiger charge is -2.06. The van der Waals surface area contributed by atoms with Crippen LogP contribution in [0.3, 0.4) is 0 Å². The van der Waals surface area contributed by atoms with Crippen molar-refractivity contribution in [2.45, 2.75) is 39.2 Å². The maximum atomic E-state index is 10.9. The number of allylic oxidation sites excluding steroid dienone is 1. The van der Waals surface area contributed by atoms with E-state index in [1.807, 2.05) is 19.1 Å². The standard InChI is InChI=1S/C10H18O3/c1-3-5-6-7-9(11)8-10(12)13-4-2/h5-6,9,11H,3-4,7-8H2,1-2H3/b6-5-. The Balaban J connectivity index is 3.55. The van der Waals surface area contributed by atoms with Crippen molar-refractivity contribution in [1.82, 2.24) is 0 Å². The summed E-state index contributed by atoms with van der Waals surface area (Å²) in [4.78, 5) is 10.9. The van der Waals surface area contributed by atoms with Gasteiger partial charge in [-0.1, -0.05) is 19.1 Å². The van der Waals surface area contributed by atoms with Gasteiger partial charge in [0, 0.05) is 0 Å². The molecule has 0 aliphatic heterocycles. The zero-order valence-corrected chi connectivity index (χ0v) is 8.32. The molecular weight excluding hydrogens is 168 g/mol. The highest BCUT2D eigenvalue weighted by molar-refractivity contribution is 5.69. The maximum absolute atomic E-state index is 10.9. The van der Waals surface area contributed by atoms with Gasteiger partial charge in [-0.15, -0.1) is 0 Å². The summed E-state index contributed by atoms with van der Waals surface area (Å²) in [5.74, 6) is -0.333. The van der Waals surface area contributed by atoms with E-state index in [1.54, 1.807) is 6.92 Å². The number of esters is 1. The lowest BCUT2D eigenvalue weighted by atomic mass is 10.2. The lowest BCUT2D eigenvalue weighted by molar-refractivity contribution is -0.145. The molecule has 0 bridgehead atoms. The van der Waals surface area contributed by atoms with Crippen LogP contribution >= 0.6 is 0 Å². The second-order valence-corrected chi connectivity index (χ2v) is 2.78. The third-order valence-electron chi connectivity index (χ3n) is 1.52.